The molecule has 0 saturated heterocycles. The summed E-state index contributed by atoms with van der Waals surface area (Å²) >= 11 is 0. The lowest BCUT2D eigenvalue weighted by molar-refractivity contribution is -0.263. The van der Waals surface area contributed by atoms with Crippen LogP contribution in [0.3, 0.4) is 0 Å². The van der Waals surface area contributed by atoms with Crippen LogP contribution in [0.1, 0.15) is 57.8 Å². The first-order valence-electron chi connectivity index (χ1n) is 10.8. The van der Waals surface area contributed by atoms with Gasteiger partial charge in [-0.1, -0.05) is 26.0 Å². The third-order valence-electron chi connectivity index (χ3n) is 6.14. The van der Waals surface area contributed by atoms with E-state index < -0.39 is 11.9 Å². The van der Waals surface area contributed by atoms with Crippen molar-refractivity contribution in [1.29, 1.82) is 0 Å². The Labute approximate surface area is 173 Å². The minimum Gasteiger partial charge on any atom is -0.449 e. The van der Waals surface area contributed by atoms with E-state index in [0.717, 1.165) is 0 Å². The van der Waals surface area contributed by atoms with E-state index in [1.165, 1.54) is 0 Å². The van der Waals surface area contributed by atoms with Gasteiger partial charge in [0, 0.05) is 37.5 Å². The first-order chi connectivity index (χ1) is 13.9. The van der Waals surface area contributed by atoms with Gasteiger partial charge in [0.1, 0.15) is 0 Å². The molecule has 0 spiro atoms. The van der Waals surface area contributed by atoms with Gasteiger partial charge < -0.3 is 14.2 Å². The van der Waals surface area contributed by atoms with Gasteiger partial charge >= 0.3 is 6.09 Å². The average molecular weight is 404 g/mol. The van der Waals surface area contributed by atoms with Gasteiger partial charge in [0.25, 0.3) is 0 Å². The number of amides is 1. The van der Waals surface area contributed by atoms with Crippen LogP contribution >= 0.6 is 0 Å². The van der Waals surface area contributed by atoms with E-state index in [2.05, 4.69) is 13.8 Å². The quantitative estimate of drug-likeness (QED) is 0.646. The minimum atomic E-state index is -0.809. The van der Waals surface area contributed by atoms with E-state index >= 15 is 0 Å². The van der Waals surface area contributed by atoms with Crippen LogP contribution in [0.25, 0.3) is 0 Å². The van der Waals surface area contributed by atoms with E-state index in [1.807, 2.05) is 38.1 Å². The normalized spacial score (nSPS) is 25.5. The number of carbonyl (C=O) groups is 2. The van der Waals surface area contributed by atoms with Crippen LogP contribution < -0.4 is 4.90 Å². The Kier molecular flexibility index (Phi) is 6.64. The summed E-state index contributed by atoms with van der Waals surface area (Å²) in [6.07, 6.45) is 0.660. The molecule has 2 aliphatic rings. The van der Waals surface area contributed by atoms with Gasteiger partial charge in [0.2, 0.25) is 0 Å². The second-order valence-electron chi connectivity index (χ2n) is 8.14. The Bertz CT molecular complexity index is 741. The van der Waals surface area contributed by atoms with E-state index in [0.29, 0.717) is 37.3 Å². The molecule has 1 aromatic rings. The summed E-state index contributed by atoms with van der Waals surface area (Å²) in [6.45, 7) is 11.2. The maximum Gasteiger partial charge on any atom is 0.414 e. The third kappa shape index (κ3) is 3.92. The van der Waals surface area contributed by atoms with Crippen LogP contribution in [0, 0.1) is 17.8 Å². The number of nitrogens with zero attached hydrogens (tertiary/aromatic N) is 1. The van der Waals surface area contributed by atoms with Crippen LogP contribution in [0.5, 0.6) is 0 Å². The molecule has 1 amide bonds. The first-order valence-corrected chi connectivity index (χ1v) is 10.8. The molecule has 3 rings (SSSR count). The Morgan fingerprint density at radius 3 is 2.34 bits per heavy atom. The highest BCUT2D eigenvalue weighted by atomic mass is 16.7. The molecule has 160 valence electrons. The van der Waals surface area contributed by atoms with Gasteiger partial charge in [-0.25, -0.2) is 4.79 Å². The molecule has 0 N–H and O–H groups in total. The van der Waals surface area contributed by atoms with Crippen LogP contribution in [0.2, 0.25) is 0 Å². The lowest BCUT2D eigenvalue weighted by atomic mass is 9.64. The highest BCUT2D eigenvalue weighted by molar-refractivity contribution is 6.09. The van der Waals surface area contributed by atoms with Crippen LogP contribution in [0.15, 0.2) is 24.3 Å². The van der Waals surface area contributed by atoms with Crippen molar-refractivity contribution in [3.05, 3.63) is 29.8 Å². The molecular weight excluding hydrogens is 370 g/mol. The molecule has 0 radical (unpaired) electrons. The molecule has 6 nitrogen and oxygen atoms in total. The van der Waals surface area contributed by atoms with Crippen LogP contribution in [-0.4, -0.2) is 43.5 Å². The number of anilines is 1. The van der Waals surface area contributed by atoms with Gasteiger partial charge in [0.15, 0.2) is 11.6 Å². The van der Waals surface area contributed by atoms with Gasteiger partial charge in [-0.05, 0) is 44.7 Å². The highest BCUT2D eigenvalue weighted by Crippen LogP contribution is 2.50. The lowest BCUT2D eigenvalue weighted by Gasteiger charge is -2.53. The summed E-state index contributed by atoms with van der Waals surface area (Å²) in [6, 6.07) is 6.96. The van der Waals surface area contributed by atoms with Crippen molar-refractivity contribution in [2.75, 3.05) is 24.7 Å². The standard InChI is InChI=1S/C23H33NO5/c1-6-27-22(26)24-18-12-10-9-11-16(18)21(25)20-17(15(4)5)13-23(28-7-2,29-8-3)14-19(20)24/h9-12,15,17,19-20H,6-8,13-14H2,1-5H3/t17-,19-,20+/m0/s1. The SMILES string of the molecule is CCOC(=O)N1c2ccccc2C(=O)[C@@H]2[C@H](C(C)C)CC(OCC)(OCC)C[C@@H]21. The lowest BCUT2D eigenvalue weighted by Crippen LogP contribution is -2.62. The summed E-state index contributed by atoms with van der Waals surface area (Å²) in [5.74, 6) is -0.738. The third-order valence-corrected chi connectivity index (χ3v) is 6.14. The topological polar surface area (TPSA) is 65.1 Å². The maximum absolute atomic E-state index is 13.6. The number of hydrogen-bond donors (Lipinski definition) is 0. The van der Waals surface area contributed by atoms with Crippen molar-refractivity contribution >= 4 is 17.6 Å². The van der Waals surface area contributed by atoms with Gasteiger partial charge in [0.05, 0.1) is 18.3 Å². The molecular formula is C23H33NO5. The Hall–Kier alpha value is -1.92. The molecule has 29 heavy (non-hydrogen) atoms. The van der Waals surface area contributed by atoms with Gasteiger partial charge in [-0.3, -0.25) is 9.69 Å². The molecule has 6 heteroatoms. The number of fused-ring (bicyclic) bond motifs is 2. The molecule has 1 heterocycles. The monoisotopic (exact) mass is 403 g/mol. The fraction of sp³-hybridized carbons (Fsp3) is 0.652. The largest absolute Gasteiger partial charge is 0.449 e. The average Bonchev–Trinajstić information content (AvgIpc) is 2.68. The number of ketones is 1. The van der Waals surface area contributed by atoms with Gasteiger partial charge in [-0.15, -0.1) is 0 Å². The Morgan fingerprint density at radius 1 is 1.10 bits per heavy atom. The highest BCUT2D eigenvalue weighted by Gasteiger charge is 2.56. The van der Waals surface area contributed by atoms with E-state index in [9.17, 15) is 9.59 Å². The zero-order valence-electron chi connectivity index (χ0n) is 18.1. The molecule has 1 fully saturated rings. The van der Waals surface area contributed by atoms with Crippen LogP contribution in [-0.2, 0) is 14.2 Å². The van der Waals surface area contributed by atoms with Crippen molar-refractivity contribution < 1.29 is 23.8 Å². The molecule has 1 aliphatic carbocycles. The number of ether oxygens (including phenoxy) is 3. The van der Waals surface area contributed by atoms with E-state index in [1.54, 1.807) is 11.8 Å². The fourth-order valence-electron chi connectivity index (χ4n) is 5.05. The summed E-state index contributed by atoms with van der Waals surface area (Å²) in [7, 11) is 0. The fourth-order valence-corrected chi connectivity index (χ4v) is 5.05. The smallest absolute Gasteiger partial charge is 0.414 e. The second-order valence-corrected chi connectivity index (χ2v) is 8.14. The van der Waals surface area contributed by atoms with Crippen molar-refractivity contribution in [1.82, 2.24) is 0 Å². The summed E-state index contributed by atoms with van der Waals surface area (Å²) in [5, 5.41) is 0. The van der Waals surface area contributed by atoms with Crippen LogP contribution in [0.4, 0.5) is 10.5 Å². The van der Waals surface area contributed by atoms with Crippen molar-refractivity contribution in [3.63, 3.8) is 0 Å². The summed E-state index contributed by atoms with van der Waals surface area (Å²) < 4.78 is 17.7. The molecule has 0 aromatic heterocycles. The number of carbonyl (C=O) groups excluding carboxylic acids is 2. The Balaban J connectivity index is 2.15. The predicted octanol–water partition coefficient (Wildman–Crippen LogP) is 4.67. The van der Waals surface area contributed by atoms with E-state index in [-0.39, 0.29) is 36.2 Å². The number of rotatable bonds is 6. The molecule has 1 aliphatic heterocycles. The molecule has 3 atom stereocenters. The minimum absolute atomic E-state index is 0.0321. The predicted molar refractivity (Wildman–Crippen MR) is 111 cm³/mol. The maximum atomic E-state index is 13.6. The summed E-state index contributed by atoms with van der Waals surface area (Å²) in [5.41, 5.74) is 1.20. The van der Waals surface area contributed by atoms with Crippen molar-refractivity contribution in [2.45, 2.75) is 59.3 Å². The van der Waals surface area contributed by atoms with Gasteiger partial charge in [-0.2, -0.15) is 0 Å². The number of para-hydroxylation sites is 1. The van der Waals surface area contributed by atoms with E-state index in [4.69, 9.17) is 14.2 Å². The zero-order chi connectivity index (χ0) is 21.2. The zero-order valence-corrected chi connectivity index (χ0v) is 18.1. The molecule has 0 bridgehead atoms. The Morgan fingerprint density at radius 2 is 1.76 bits per heavy atom. The first kappa shape index (κ1) is 21.8. The number of hydrogen-bond acceptors (Lipinski definition) is 5. The van der Waals surface area contributed by atoms with Crippen molar-refractivity contribution in [3.8, 4) is 0 Å². The number of benzene rings is 1. The molecule has 1 saturated carbocycles. The van der Waals surface area contributed by atoms with Crippen molar-refractivity contribution in [2.24, 2.45) is 17.8 Å². The number of Topliss-reactive ketones (excluding diaryl/α,β-unsaturated/α-hetero) is 1. The summed E-state index contributed by atoms with van der Waals surface area (Å²) in [4.78, 5) is 28.3. The molecule has 0 unspecified atom stereocenters. The molecule has 1 aromatic carbocycles. The second kappa shape index (κ2) is 8.84.